The lowest BCUT2D eigenvalue weighted by Crippen LogP contribution is -2.28. The largest absolute Gasteiger partial charge is 0.490 e. The molecule has 0 spiro atoms. The van der Waals surface area contributed by atoms with E-state index in [0.717, 1.165) is 24.3 Å². The molecule has 0 aromatic heterocycles. The number of hydrogen-bond acceptors (Lipinski definition) is 5. The summed E-state index contributed by atoms with van der Waals surface area (Å²) in [6.07, 6.45) is 2.43. The van der Waals surface area contributed by atoms with E-state index in [2.05, 4.69) is 28.8 Å². The Morgan fingerprint density at radius 3 is 2.92 bits per heavy atom. The van der Waals surface area contributed by atoms with Crippen molar-refractivity contribution >= 4 is 11.4 Å². The number of methoxy groups -OCH3 is 1. The average molecular weight is 341 g/mol. The fraction of sp³-hybridized carbons (Fsp3) is 0.368. The fourth-order valence-corrected chi connectivity index (χ4v) is 3.23. The average Bonchev–Trinajstić information content (AvgIpc) is 2.67. The maximum Gasteiger partial charge on any atom is 0.310 e. The van der Waals surface area contributed by atoms with Crippen LogP contribution in [0, 0.1) is 10.1 Å². The summed E-state index contributed by atoms with van der Waals surface area (Å²) in [5, 5.41) is 17.8. The van der Waals surface area contributed by atoms with Gasteiger partial charge in [0.15, 0.2) is 5.75 Å². The second kappa shape index (κ2) is 7.98. The Kier molecular flexibility index (Phi) is 5.50. The van der Waals surface area contributed by atoms with Gasteiger partial charge in [0.1, 0.15) is 0 Å². The number of nitro benzene ring substituents is 1. The second-order valence-electron chi connectivity index (χ2n) is 6.29. The van der Waals surface area contributed by atoms with Crippen LogP contribution in [0.1, 0.15) is 29.9 Å². The molecule has 3 rings (SSSR count). The molecule has 0 radical (unpaired) electrons. The van der Waals surface area contributed by atoms with E-state index >= 15 is 0 Å². The maximum atomic E-state index is 11.0. The number of nitro groups is 1. The predicted octanol–water partition coefficient (Wildman–Crippen LogP) is 3.68. The molecule has 1 saturated heterocycles. The first-order valence-electron chi connectivity index (χ1n) is 8.53. The Bertz CT molecular complexity index is 742. The van der Waals surface area contributed by atoms with Gasteiger partial charge in [-0.3, -0.25) is 10.1 Å². The number of rotatable bonds is 6. The van der Waals surface area contributed by atoms with Gasteiger partial charge in [-0.15, -0.1) is 0 Å². The Hall–Kier alpha value is -2.60. The first kappa shape index (κ1) is 17.2. The lowest BCUT2D eigenvalue weighted by molar-refractivity contribution is -0.385. The highest BCUT2D eigenvalue weighted by Gasteiger charge is 2.16. The van der Waals surface area contributed by atoms with Gasteiger partial charge in [-0.2, -0.15) is 0 Å². The Morgan fingerprint density at radius 1 is 1.32 bits per heavy atom. The summed E-state index contributed by atoms with van der Waals surface area (Å²) >= 11 is 0. The van der Waals surface area contributed by atoms with Crippen molar-refractivity contribution in [3.63, 3.8) is 0 Å². The molecule has 25 heavy (non-hydrogen) atoms. The molecule has 1 heterocycles. The number of anilines is 1. The molecule has 1 aliphatic heterocycles. The molecule has 1 fully saturated rings. The summed E-state index contributed by atoms with van der Waals surface area (Å²) in [5.74, 6) is 0.848. The van der Waals surface area contributed by atoms with Crippen LogP contribution in [0.2, 0.25) is 0 Å². The number of hydrogen-bond donors (Lipinski definition) is 2. The molecule has 2 aromatic carbocycles. The van der Waals surface area contributed by atoms with E-state index < -0.39 is 4.92 Å². The van der Waals surface area contributed by atoms with Crippen LogP contribution in [0.5, 0.6) is 5.75 Å². The second-order valence-corrected chi connectivity index (χ2v) is 6.29. The van der Waals surface area contributed by atoms with E-state index in [0.29, 0.717) is 12.5 Å². The highest BCUT2D eigenvalue weighted by Crippen LogP contribution is 2.28. The van der Waals surface area contributed by atoms with E-state index in [1.807, 2.05) is 6.07 Å². The molecule has 132 valence electrons. The van der Waals surface area contributed by atoms with Crippen molar-refractivity contribution in [2.75, 3.05) is 25.5 Å². The molecule has 6 nitrogen and oxygen atoms in total. The van der Waals surface area contributed by atoms with Crippen LogP contribution in [0.15, 0.2) is 42.5 Å². The van der Waals surface area contributed by atoms with Crippen LogP contribution in [0.4, 0.5) is 11.4 Å². The van der Waals surface area contributed by atoms with Crippen molar-refractivity contribution in [3.8, 4) is 5.75 Å². The lowest BCUT2D eigenvalue weighted by atomic mass is 9.91. The van der Waals surface area contributed by atoms with Gasteiger partial charge in [0.25, 0.3) is 0 Å². The van der Waals surface area contributed by atoms with Crippen molar-refractivity contribution in [3.05, 3.63) is 63.7 Å². The molecular weight excluding hydrogens is 318 g/mol. The van der Waals surface area contributed by atoms with Crippen LogP contribution in [-0.2, 0) is 6.54 Å². The molecule has 2 N–H and O–H groups in total. The van der Waals surface area contributed by atoms with Crippen LogP contribution < -0.4 is 15.4 Å². The third kappa shape index (κ3) is 4.28. The minimum absolute atomic E-state index is 0.0157. The summed E-state index contributed by atoms with van der Waals surface area (Å²) in [6, 6.07) is 13.4. The molecular formula is C19H23N3O3. The van der Waals surface area contributed by atoms with E-state index in [-0.39, 0.29) is 11.4 Å². The number of piperidine rings is 1. The summed E-state index contributed by atoms with van der Waals surface area (Å²) in [7, 11) is 1.45. The normalized spacial score (nSPS) is 17.1. The first-order chi connectivity index (χ1) is 12.2. The van der Waals surface area contributed by atoms with Crippen molar-refractivity contribution in [1.29, 1.82) is 0 Å². The maximum absolute atomic E-state index is 11.0. The molecule has 1 aliphatic rings. The summed E-state index contributed by atoms with van der Waals surface area (Å²) in [6.45, 7) is 2.72. The smallest absolute Gasteiger partial charge is 0.310 e. The molecule has 1 atom stereocenters. The Morgan fingerprint density at radius 2 is 2.20 bits per heavy atom. The minimum atomic E-state index is -0.433. The fourth-order valence-electron chi connectivity index (χ4n) is 3.23. The van der Waals surface area contributed by atoms with Crippen LogP contribution in [-0.4, -0.2) is 25.1 Å². The monoisotopic (exact) mass is 341 g/mol. The van der Waals surface area contributed by atoms with Crippen LogP contribution >= 0.6 is 0 Å². The van der Waals surface area contributed by atoms with Gasteiger partial charge in [-0.25, -0.2) is 0 Å². The summed E-state index contributed by atoms with van der Waals surface area (Å²) in [4.78, 5) is 10.5. The molecule has 0 bridgehead atoms. The molecule has 0 saturated carbocycles. The predicted molar refractivity (Wildman–Crippen MR) is 98.3 cm³/mol. The van der Waals surface area contributed by atoms with E-state index in [1.54, 1.807) is 12.1 Å². The third-order valence-corrected chi connectivity index (χ3v) is 4.59. The quantitative estimate of drug-likeness (QED) is 0.619. The van der Waals surface area contributed by atoms with Crippen molar-refractivity contribution in [1.82, 2.24) is 5.32 Å². The van der Waals surface area contributed by atoms with E-state index in [9.17, 15) is 10.1 Å². The van der Waals surface area contributed by atoms with Crippen molar-refractivity contribution in [2.24, 2.45) is 0 Å². The molecule has 6 heteroatoms. The van der Waals surface area contributed by atoms with Crippen molar-refractivity contribution in [2.45, 2.75) is 25.3 Å². The van der Waals surface area contributed by atoms with Gasteiger partial charge in [0.2, 0.25) is 0 Å². The summed E-state index contributed by atoms with van der Waals surface area (Å²) in [5.41, 5.74) is 3.32. The van der Waals surface area contributed by atoms with E-state index in [1.165, 1.54) is 31.6 Å². The number of nitrogens with one attached hydrogen (secondary N) is 2. The van der Waals surface area contributed by atoms with Gasteiger partial charge in [0, 0.05) is 24.8 Å². The number of ether oxygens (including phenoxy) is 1. The zero-order valence-electron chi connectivity index (χ0n) is 14.3. The lowest BCUT2D eigenvalue weighted by Gasteiger charge is -2.23. The molecule has 1 unspecified atom stereocenters. The van der Waals surface area contributed by atoms with E-state index in [4.69, 9.17) is 4.74 Å². The Balaban J connectivity index is 1.68. The molecule has 2 aromatic rings. The zero-order chi connectivity index (χ0) is 17.6. The van der Waals surface area contributed by atoms with Gasteiger partial charge in [0.05, 0.1) is 12.0 Å². The highest BCUT2D eigenvalue weighted by molar-refractivity contribution is 5.51. The molecule has 0 amide bonds. The number of nitrogens with zero attached hydrogens (tertiary/aromatic N) is 1. The van der Waals surface area contributed by atoms with Gasteiger partial charge >= 0.3 is 5.69 Å². The van der Waals surface area contributed by atoms with Gasteiger partial charge in [-0.1, -0.05) is 18.2 Å². The van der Waals surface area contributed by atoms with Crippen molar-refractivity contribution < 1.29 is 9.66 Å². The summed E-state index contributed by atoms with van der Waals surface area (Å²) < 4.78 is 5.12. The standard InChI is InChI=1S/C19H23N3O3/c1-25-19-10-14(7-8-18(19)22(23)24)12-21-17-6-2-4-15(11-17)16-5-3-9-20-13-16/h2,4,6-8,10-11,16,20-21H,3,5,9,12-13H2,1H3. The third-order valence-electron chi connectivity index (χ3n) is 4.59. The van der Waals surface area contributed by atoms with Gasteiger partial charge < -0.3 is 15.4 Å². The minimum Gasteiger partial charge on any atom is -0.490 e. The van der Waals surface area contributed by atoms with Crippen LogP contribution in [0.25, 0.3) is 0 Å². The Labute approximate surface area is 147 Å². The van der Waals surface area contributed by atoms with Crippen LogP contribution in [0.3, 0.4) is 0 Å². The first-order valence-corrected chi connectivity index (χ1v) is 8.53. The topological polar surface area (TPSA) is 76.4 Å². The number of benzene rings is 2. The highest BCUT2D eigenvalue weighted by atomic mass is 16.6. The SMILES string of the molecule is COc1cc(CNc2cccc(C3CCCNC3)c2)ccc1[N+](=O)[O-]. The van der Waals surface area contributed by atoms with Gasteiger partial charge in [-0.05, 0) is 54.6 Å². The zero-order valence-corrected chi connectivity index (χ0v) is 14.3. The molecule has 0 aliphatic carbocycles.